The predicted octanol–water partition coefficient (Wildman–Crippen LogP) is 5.04. The number of alkyl halides is 3. The van der Waals surface area contributed by atoms with E-state index >= 15 is 0 Å². The first-order valence-corrected chi connectivity index (χ1v) is 6.93. The maximum Gasteiger partial charge on any atom is 0.416 e. The number of hydrogen-bond donors (Lipinski definition) is 1. The van der Waals surface area contributed by atoms with Crippen LogP contribution in [0.3, 0.4) is 0 Å². The topological polar surface area (TPSA) is 12.0 Å². The number of benzene rings is 1. The van der Waals surface area contributed by atoms with E-state index in [1.54, 1.807) is 19.1 Å². The highest BCUT2D eigenvalue weighted by atomic mass is 19.4. The Morgan fingerprint density at radius 3 is 2.10 bits per heavy atom. The highest BCUT2D eigenvalue weighted by Gasteiger charge is 2.34. The van der Waals surface area contributed by atoms with Gasteiger partial charge in [0.1, 0.15) is 0 Å². The van der Waals surface area contributed by atoms with E-state index in [-0.39, 0.29) is 11.5 Å². The Morgan fingerprint density at radius 2 is 1.60 bits per heavy atom. The molecule has 2 unspecified atom stereocenters. The molecule has 0 saturated carbocycles. The highest BCUT2D eigenvalue weighted by molar-refractivity contribution is 5.32. The average molecular weight is 287 g/mol. The fourth-order valence-corrected chi connectivity index (χ4v) is 1.90. The maximum absolute atomic E-state index is 13.0. The second-order valence-electron chi connectivity index (χ2n) is 6.48. The molecule has 0 saturated heterocycles. The molecule has 0 bridgehead atoms. The second-order valence-corrected chi connectivity index (χ2v) is 6.48. The van der Waals surface area contributed by atoms with Gasteiger partial charge < -0.3 is 5.32 Å². The Morgan fingerprint density at radius 1 is 1.05 bits per heavy atom. The van der Waals surface area contributed by atoms with E-state index in [2.05, 4.69) is 33.0 Å². The Balaban J connectivity index is 2.81. The van der Waals surface area contributed by atoms with Crippen LogP contribution in [0.25, 0.3) is 0 Å². The molecule has 0 fully saturated rings. The molecular weight excluding hydrogens is 263 g/mol. The van der Waals surface area contributed by atoms with Gasteiger partial charge in [-0.1, -0.05) is 45.9 Å². The molecule has 0 amide bonds. The molecule has 1 aromatic carbocycles. The summed E-state index contributed by atoms with van der Waals surface area (Å²) in [5.74, 6) is 0.378. The highest BCUT2D eigenvalue weighted by Crippen LogP contribution is 2.34. The summed E-state index contributed by atoms with van der Waals surface area (Å²) >= 11 is 0. The normalized spacial score (nSPS) is 16.0. The largest absolute Gasteiger partial charge is 0.416 e. The van der Waals surface area contributed by atoms with E-state index in [0.717, 1.165) is 6.07 Å². The van der Waals surface area contributed by atoms with Crippen LogP contribution in [0, 0.1) is 11.3 Å². The van der Waals surface area contributed by atoms with Crippen molar-refractivity contribution in [1.29, 1.82) is 0 Å². The van der Waals surface area contributed by atoms with Gasteiger partial charge in [0.25, 0.3) is 0 Å². The molecule has 1 nitrogen and oxygen atoms in total. The summed E-state index contributed by atoms with van der Waals surface area (Å²) in [6, 6.07) is 5.44. The zero-order chi connectivity index (χ0) is 15.6. The van der Waals surface area contributed by atoms with Gasteiger partial charge in [-0.15, -0.1) is 0 Å². The zero-order valence-corrected chi connectivity index (χ0v) is 12.8. The quantitative estimate of drug-likeness (QED) is 0.818. The monoisotopic (exact) mass is 287 g/mol. The van der Waals surface area contributed by atoms with Crippen molar-refractivity contribution in [1.82, 2.24) is 5.32 Å². The average Bonchev–Trinajstić information content (AvgIpc) is 2.33. The third kappa shape index (κ3) is 4.51. The van der Waals surface area contributed by atoms with Gasteiger partial charge in [0.05, 0.1) is 5.56 Å². The molecule has 0 heterocycles. The first-order valence-electron chi connectivity index (χ1n) is 6.93. The summed E-state index contributed by atoms with van der Waals surface area (Å²) in [5, 5.41) is 3.22. The van der Waals surface area contributed by atoms with Gasteiger partial charge in [-0.3, -0.25) is 0 Å². The molecule has 0 aromatic heterocycles. The molecule has 0 aliphatic heterocycles. The van der Waals surface area contributed by atoms with Crippen LogP contribution in [0.2, 0.25) is 0 Å². The van der Waals surface area contributed by atoms with Crippen LogP contribution in [0.15, 0.2) is 24.3 Å². The van der Waals surface area contributed by atoms with Gasteiger partial charge in [0, 0.05) is 6.04 Å². The lowest BCUT2D eigenvalue weighted by Gasteiger charge is -2.29. The van der Waals surface area contributed by atoms with Crippen molar-refractivity contribution in [2.75, 3.05) is 6.54 Å². The third-order valence-electron chi connectivity index (χ3n) is 3.94. The lowest BCUT2D eigenvalue weighted by atomic mass is 9.82. The summed E-state index contributed by atoms with van der Waals surface area (Å²) < 4.78 is 38.9. The maximum atomic E-state index is 13.0. The minimum absolute atomic E-state index is 0.135. The van der Waals surface area contributed by atoms with Crippen molar-refractivity contribution in [3.8, 4) is 0 Å². The molecule has 20 heavy (non-hydrogen) atoms. The molecule has 1 rings (SSSR count). The van der Waals surface area contributed by atoms with Crippen molar-refractivity contribution in [2.24, 2.45) is 11.3 Å². The van der Waals surface area contributed by atoms with E-state index in [4.69, 9.17) is 0 Å². The summed E-state index contributed by atoms with van der Waals surface area (Å²) in [6.45, 7) is 11.0. The molecule has 2 atom stereocenters. The van der Waals surface area contributed by atoms with Gasteiger partial charge in [-0.05, 0) is 36.4 Å². The van der Waals surface area contributed by atoms with Gasteiger partial charge in [-0.25, -0.2) is 0 Å². The zero-order valence-electron chi connectivity index (χ0n) is 12.8. The lowest BCUT2D eigenvalue weighted by molar-refractivity contribution is -0.138. The Bertz CT molecular complexity index is 432. The second kappa shape index (κ2) is 6.17. The van der Waals surface area contributed by atoms with E-state index in [0.29, 0.717) is 18.0 Å². The molecule has 1 aromatic rings. The van der Waals surface area contributed by atoms with E-state index < -0.39 is 11.7 Å². The Kier molecular flexibility index (Phi) is 5.25. The number of halogens is 3. The minimum Gasteiger partial charge on any atom is -0.310 e. The van der Waals surface area contributed by atoms with Crippen molar-refractivity contribution >= 4 is 0 Å². The van der Waals surface area contributed by atoms with Gasteiger partial charge in [-0.2, -0.15) is 13.2 Å². The molecular formula is C16H24F3N. The summed E-state index contributed by atoms with van der Waals surface area (Å²) in [5.41, 5.74) is -0.111. The van der Waals surface area contributed by atoms with Crippen molar-refractivity contribution in [3.63, 3.8) is 0 Å². The third-order valence-corrected chi connectivity index (χ3v) is 3.94. The summed E-state index contributed by atoms with van der Waals surface area (Å²) in [7, 11) is 0. The Labute approximate surface area is 119 Å². The first kappa shape index (κ1) is 17.0. The van der Waals surface area contributed by atoms with Crippen LogP contribution in [0.1, 0.15) is 51.8 Å². The van der Waals surface area contributed by atoms with E-state index in [1.807, 2.05) is 0 Å². The smallest absolute Gasteiger partial charge is 0.310 e. The number of rotatable bonds is 4. The SMILES string of the molecule is CC(NCC(C)C(C)(C)C)c1ccccc1C(F)(F)F. The molecule has 0 aliphatic carbocycles. The molecule has 1 N–H and O–H groups in total. The summed E-state index contributed by atoms with van der Waals surface area (Å²) in [4.78, 5) is 0. The standard InChI is InChI=1S/C16H24F3N/c1-11(15(3,4)5)10-20-12(2)13-8-6-7-9-14(13)16(17,18)19/h6-9,11-12,20H,10H2,1-5H3. The fourth-order valence-electron chi connectivity index (χ4n) is 1.90. The number of nitrogens with one attached hydrogen (secondary N) is 1. The number of hydrogen-bond acceptors (Lipinski definition) is 1. The van der Waals surface area contributed by atoms with Crippen LogP contribution in [0.5, 0.6) is 0 Å². The Hall–Kier alpha value is -1.03. The van der Waals surface area contributed by atoms with Crippen molar-refractivity contribution < 1.29 is 13.2 Å². The molecule has 114 valence electrons. The van der Waals surface area contributed by atoms with Crippen LogP contribution in [-0.2, 0) is 6.18 Å². The summed E-state index contributed by atoms with van der Waals surface area (Å²) in [6.07, 6.45) is -4.30. The predicted molar refractivity (Wildman–Crippen MR) is 76.5 cm³/mol. The van der Waals surface area contributed by atoms with E-state index in [9.17, 15) is 13.2 Å². The van der Waals surface area contributed by atoms with Crippen LogP contribution >= 0.6 is 0 Å². The van der Waals surface area contributed by atoms with Gasteiger partial charge >= 0.3 is 6.18 Å². The van der Waals surface area contributed by atoms with Crippen LogP contribution in [-0.4, -0.2) is 6.54 Å². The fraction of sp³-hybridized carbons (Fsp3) is 0.625. The van der Waals surface area contributed by atoms with Gasteiger partial charge in [0.15, 0.2) is 0 Å². The lowest BCUT2D eigenvalue weighted by Crippen LogP contribution is -2.32. The molecule has 0 radical (unpaired) electrons. The van der Waals surface area contributed by atoms with Crippen molar-refractivity contribution in [2.45, 2.75) is 46.8 Å². The molecule has 4 heteroatoms. The van der Waals surface area contributed by atoms with Crippen LogP contribution in [0.4, 0.5) is 13.2 Å². The first-order chi connectivity index (χ1) is 9.03. The van der Waals surface area contributed by atoms with Crippen LogP contribution < -0.4 is 5.32 Å². The van der Waals surface area contributed by atoms with E-state index in [1.165, 1.54) is 6.07 Å². The molecule has 0 aliphatic rings. The molecule has 0 spiro atoms. The van der Waals surface area contributed by atoms with Crippen molar-refractivity contribution in [3.05, 3.63) is 35.4 Å². The van der Waals surface area contributed by atoms with Gasteiger partial charge in [0.2, 0.25) is 0 Å². The minimum atomic E-state index is -4.30.